The number of hydrogen-bond acceptors (Lipinski definition) is 5. The van der Waals surface area contributed by atoms with E-state index in [4.69, 9.17) is 11.6 Å². The van der Waals surface area contributed by atoms with Crippen molar-refractivity contribution in [2.45, 2.75) is 48.1 Å². The molecule has 0 radical (unpaired) electrons. The fourth-order valence-electron chi connectivity index (χ4n) is 6.49. The Morgan fingerprint density at radius 3 is 2.54 bits per heavy atom. The molecule has 3 fully saturated rings. The predicted octanol–water partition coefficient (Wildman–Crippen LogP) is 3.76. The van der Waals surface area contributed by atoms with Gasteiger partial charge >= 0.3 is 0 Å². The van der Waals surface area contributed by atoms with E-state index in [-0.39, 0.29) is 30.9 Å². The summed E-state index contributed by atoms with van der Waals surface area (Å²) in [5.41, 5.74) is 0.568. The first-order chi connectivity index (χ1) is 17.7. The van der Waals surface area contributed by atoms with Gasteiger partial charge in [-0.05, 0) is 44.7 Å². The lowest BCUT2D eigenvalue weighted by Gasteiger charge is -2.38. The van der Waals surface area contributed by atoms with Gasteiger partial charge in [-0.15, -0.1) is 24.9 Å². The molecule has 1 spiro atoms. The second-order valence-electron chi connectivity index (χ2n) is 10.4. The third-order valence-corrected chi connectivity index (χ3v) is 10.4. The van der Waals surface area contributed by atoms with Crippen LogP contribution in [0, 0.1) is 11.8 Å². The number of unbranched alkanes of at least 4 members (excludes halogenated alkanes) is 1. The third-order valence-electron chi connectivity index (χ3n) is 8.08. The van der Waals surface area contributed by atoms with Gasteiger partial charge in [0.25, 0.3) is 5.91 Å². The van der Waals surface area contributed by atoms with E-state index in [0.717, 1.165) is 6.42 Å². The molecule has 2 bridgehead atoms. The number of halogens is 1. The summed E-state index contributed by atoms with van der Waals surface area (Å²) in [6.45, 7) is 10.7. The van der Waals surface area contributed by atoms with Crippen molar-refractivity contribution < 1.29 is 19.5 Å². The van der Waals surface area contributed by atoms with E-state index in [2.05, 4.69) is 20.1 Å². The van der Waals surface area contributed by atoms with Crippen molar-refractivity contribution in [1.29, 1.82) is 0 Å². The van der Waals surface area contributed by atoms with Gasteiger partial charge in [0, 0.05) is 38.0 Å². The highest BCUT2D eigenvalue weighted by Crippen LogP contribution is 2.71. The lowest BCUT2D eigenvalue weighted by Crippen LogP contribution is -2.55. The quantitative estimate of drug-likeness (QED) is 0.338. The zero-order valence-corrected chi connectivity index (χ0v) is 23.1. The minimum Gasteiger partial charge on any atom is -0.396 e. The topological polar surface area (TPSA) is 81.2 Å². The maximum atomic E-state index is 14.5. The number of likely N-dealkylation sites (tertiary alicyclic amines) is 1. The Balaban J connectivity index is 1.80. The molecule has 37 heavy (non-hydrogen) atoms. The number of rotatable bonds is 11. The molecule has 1 N–H and O–H groups in total. The van der Waals surface area contributed by atoms with E-state index >= 15 is 0 Å². The van der Waals surface area contributed by atoms with Gasteiger partial charge in [-0.3, -0.25) is 14.4 Å². The van der Waals surface area contributed by atoms with E-state index in [1.54, 1.807) is 57.8 Å². The summed E-state index contributed by atoms with van der Waals surface area (Å²) >= 11 is 8.16. The Hall–Kier alpha value is -2.29. The molecular weight excluding hydrogens is 510 g/mol. The van der Waals surface area contributed by atoms with Crippen LogP contribution in [0.25, 0.3) is 0 Å². The molecule has 1 aromatic carbocycles. The van der Waals surface area contributed by atoms with Gasteiger partial charge in [-0.25, -0.2) is 0 Å². The first-order valence-corrected chi connectivity index (χ1v) is 14.0. The minimum absolute atomic E-state index is 0.0116. The average molecular weight is 546 g/mol. The molecule has 3 aliphatic heterocycles. The van der Waals surface area contributed by atoms with Gasteiger partial charge in [0.2, 0.25) is 11.8 Å². The number of para-hydroxylation sites is 1. The zero-order chi connectivity index (χ0) is 27.0. The lowest BCUT2D eigenvalue weighted by molar-refractivity contribution is -0.144. The van der Waals surface area contributed by atoms with E-state index in [0.29, 0.717) is 43.1 Å². The summed E-state index contributed by atoms with van der Waals surface area (Å²) in [5.74, 6) is -1.54. The molecule has 0 saturated carbocycles. The van der Waals surface area contributed by atoms with Crippen LogP contribution in [0.15, 0.2) is 49.6 Å². The highest BCUT2D eigenvalue weighted by molar-refractivity contribution is 8.02. The maximum absolute atomic E-state index is 14.5. The number of anilines is 1. The molecule has 0 aliphatic carbocycles. The Kier molecular flexibility index (Phi) is 8.12. The van der Waals surface area contributed by atoms with Crippen molar-refractivity contribution >= 4 is 46.8 Å². The largest absolute Gasteiger partial charge is 0.396 e. The number of fused-ring (bicyclic) bond motifs is 1. The number of thioether (sulfide) groups is 1. The third kappa shape index (κ3) is 4.51. The number of aliphatic hydroxyl groups is 1. The summed E-state index contributed by atoms with van der Waals surface area (Å²) in [6.07, 6.45) is 5.85. The molecular formula is C28H36ClN3O4S. The summed E-state index contributed by atoms with van der Waals surface area (Å²) in [7, 11) is 1.74. The first kappa shape index (κ1) is 27.7. The second-order valence-corrected chi connectivity index (χ2v) is 12.7. The lowest BCUT2D eigenvalue weighted by atomic mass is 9.66. The molecule has 0 aromatic heterocycles. The van der Waals surface area contributed by atoms with E-state index in [1.165, 1.54) is 0 Å². The van der Waals surface area contributed by atoms with Crippen LogP contribution in [0.5, 0.6) is 0 Å². The average Bonchev–Trinajstić information content (AvgIpc) is 3.43. The zero-order valence-electron chi connectivity index (χ0n) is 21.6. The molecule has 9 heteroatoms. The Morgan fingerprint density at radius 1 is 1.19 bits per heavy atom. The fourth-order valence-corrected chi connectivity index (χ4v) is 9.07. The summed E-state index contributed by atoms with van der Waals surface area (Å²) in [4.78, 5) is 47.2. The SMILES string of the molecule is C=CCN(C)C(=O)[C@@H]1[C@H]2C(=O)N(CCCCO)C(C(=O)N(CC=C)c3ccccc3Cl)C23CC[C@@]1(C)S3. The van der Waals surface area contributed by atoms with Crippen molar-refractivity contribution in [3.63, 3.8) is 0 Å². The van der Waals surface area contributed by atoms with Crippen molar-refractivity contribution in [1.82, 2.24) is 9.80 Å². The van der Waals surface area contributed by atoms with E-state index in [9.17, 15) is 19.5 Å². The molecule has 4 rings (SSSR count). The van der Waals surface area contributed by atoms with Crippen LogP contribution in [-0.2, 0) is 14.4 Å². The molecule has 200 valence electrons. The molecule has 3 saturated heterocycles. The highest BCUT2D eigenvalue weighted by atomic mass is 35.5. The van der Waals surface area contributed by atoms with Crippen molar-refractivity contribution in [3.8, 4) is 0 Å². The Bertz CT molecular complexity index is 1100. The standard InChI is InChI=1S/C28H36ClN3O4S/c1-5-15-30(4)24(34)21-22-25(35)32(17-9-10-18-33)23(28(22)14-13-27(21,3)37-28)26(36)31(16-6-2)20-12-8-7-11-19(20)29/h5-8,11-12,21-23,33H,1-2,9-10,13-18H2,3-4H3/t21-,22-,23?,27+,28?/m0/s1. The first-order valence-electron chi connectivity index (χ1n) is 12.8. The molecule has 3 aliphatic rings. The smallest absolute Gasteiger partial charge is 0.251 e. The number of likely N-dealkylation sites (N-methyl/N-ethyl adjacent to an activating group) is 1. The van der Waals surface area contributed by atoms with Gasteiger partial charge in [0.05, 0.1) is 27.3 Å². The number of nitrogens with zero attached hydrogens (tertiary/aromatic N) is 3. The van der Waals surface area contributed by atoms with Crippen molar-refractivity contribution in [2.24, 2.45) is 11.8 Å². The van der Waals surface area contributed by atoms with Crippen LogP contribution in [0.3, 0.4) is 0 Å². The number of carbonyl (C=O) groups excluding carboxylic acids is 3. The van der Waals surface area contributed by atoms with Crippen molar-refractivity contribution in [2.75, 3.05) is 38.2 Å². The van der Waals surface area contributed by atoms with Gasteiger partial charge in [0.1, 0.15) is 6.04 Å². The number of amides is 3. The van der Waals surface area contributed by atoms with Gasteiger partial charge in [-0.2, -0.15) is 0 Å². The summed E-state index contributed by atoms with van der Waals surface area (Å²) in [5, 5.41) is 9.82. The maximum Gasteiger partial charge on any atom is 0.251 e. The number of carbonyl (C=O) groups is 3. The highest BCUT2D eigenvalue weighted by Gasteiger charge is 2.77. The van der Waals surface area contributed by atoms with Gasteiger partial charge in [0.15, 0.2) is 0 Å². The van der Waals surface area contributed by atoms with Gasteiger partial charge in [-0.1, -0.05) is 35.9 Å². The number of hydrogen-bond donors (Lipinski definition) is 1. The number of benzene rings is 1. The summed E-state index contributed by atoms with van der Waals surface area (Å²) < 4.78 is -1.14. The van der Waals surface area contributed by atoms with Crippen molar-refractivity contribution in [3.05, 3.63) is 54.6 Å². The van der Waals surface area contributed by atoms with E-state index < -0.39 is 27.4 Å². The second kappa shape index (κ2) is 10.8. The number of aliphatic hydroxyl groups excluding tert-OH is 1. The molecule has 7 nitrogen and oxygen atoms in total. The van der Waals surface area contributed by atoms with Crippen LogP contribution in [0.4, 0.5) is 5.69 Å². The molecule has 2 unspecified atom stereocenters. The summed E-state index contributed by atoms with van der Waals surface area (Å²) in [6, 6.07) is 6.42. The predicted molar refractivity (Wildman–Crippen MR) is 149 cm³/mol. The van der Waals surface area contributed by atoms with Crippen LogP contribution in [-0.4, -0.2) is 81.5 Å². The van der Waals surface area contributed by atoms with E-state index in [1.807, 2.05) is 12.1 Å². The van der Waals surface area contributed by atoms with Crippen LogP contribution in [0.1, 0.15) is 32.6 Å². The fraction of sp³-hybridized carbons (Fsp3) is 0.536. The minimum atomic E-state index is -0.741. The normalized spacial score (nSPS) is 29.8. The van der Waals surface area contributed by atoms with Crippen LogP contribution in [0.2, 0.25) is 5.02 Å². The molecule has 5 atom stereocenters. The van der Waals surface area contributed by atoms with Gasteiger partial charge < -0.3 is 19.8 Å². The molecule has 3 amide bonds. The molecule has 1 aromatic rings. The monoisotopic (exact) mass is 545 g/mol. The Labute approximate surface area is 228 Å². The van der Waals surface area contributed by atoms with Crippen LogP contribution >= 0.6 is 23.4 Å². The molecule has 3 heterocycles. The van der Waals surface area contributed by atoms with Crippen LogP contribution < -0.4 is 4.90 Å². The Morgan fingerprint density at radius 2 is 1.89 bits per heavy atom.